The number of Topliss-reactive ketones (excluding diaryl/α,β-unsaturated/α-hetero) is 1. The second-order valence-corrected chi connectivity index (χ2v) is 9.91. The Kier molecular flexibility index (Phi) is 7.09. The molecule has 0 saturated carbocycles. The molecule has 3 aromatic rings. The number of sulfone groups is 1. The van der Waals surface area contributed by atoms with E-state index in [2.05, 4.69) is 0 Å². The Morgan fingerprint density at radius 2 is 1.26 bits per heavy atom. The molecule has 0 aliphatic carbocycles. The summed E-state index contributed by atoms with van der Waals surface area (Å²) in [7, 11) is -4.51. The van der Waals surface area contributed by atoms with E-state index in [1.165, 1.54) is 54.6 Å². The number of hydrogen-bond acceptors (Lipinski definition) is 4. The van der Waals surface area contributed by atoms with Gasteiger partial charge in [-0.25, -0.2) is 8.42 Å². The summed E-state index contributed by atoms with van der Waals surface area (Å²) in [5.74, 6) is -0.986. The standard InChI is InChI=1S/C23H15ClF6O4S/c24-17-12-8-14(9-13-17)19(31)20(35(33,34)18-4-2-1-3-5-18)15-6-10-16(11-7-15)21(32,22(25,26)27)23(28,29)30/h1-13,20,32H. The fraction of sp³-hybridized carbons (Fsp3) is 0.174. The fourth-order valence-electron chi connectivity index (χ4n) is 3.37. The normalized spacial score (nSPS) is 13.9. The summed E-state index contributed by atoms with van der Waals surface area (Å²) < 4.78 is 106. The third kappa shape index (κ3) is 4.93. The molecule has 4 nitrogen and oxygen atoms in total. The monoisotopic (exact) mass is 536 g/mol. The zero-order chi connectivity index (χ0) is 26.2. The van der Waals surface area contributed by atoms with Crippen molar-refractivity contribution in [1.29, 1.82) is 0 Å². The van der Waals surface area contributed by atoms with Crippen LogP contribution in [0, 0.1) is 0 Å². The molecule has 0 saturated heterocycles. The first kappa shape index (κ1) is 26.7. The molecule has 1 N–H and O–H groups in total. The maximum Gasteiger partial charge on any atom is 0.430 e. The Morgan fingerprint density at radius 3 is 1.71 bits per heavy atom. The van der Waals surface area contributed by atoms with Crippen molar-refractivity contribution < 1.29 is 44.7 Å². The average molecular weight is 537 g/mol. The van der Waals surface area contributed by atoms with E-state index >= 15 is 0 Å². The van der Waals surface area contributed by atoms with Gasteiger partial charge in [0.15, 0.2) is 20.9 Å². The van der Waals surface area contributed by atoms with Crippen LogP contribution in [0.15, 0.2) is 83.8 Å². The van der Waals surface area contributed by atoms with Gasteiger partial charge in [0, 0.05) is 16.1 Å². The number of aliphatic hydroxyl groups is 1. The second kappa shape index (κ2) is 9.29. The van der Waals surface area contributed by atoms with Gasteiger partial charge in [-0.3, -0.25) is 4.79 Å². The van der Waals surface area contributed by atoms with Crippen molar-refractivity contribution in [3.63, 3.8) is 0 Å². The summed E-state index contributed by atoms with van der Waals surface area (Å²) >= 11 is 5.80. The van der Waals surface area contributed by atoms with Crippen LogP contribution in [-0.2, 0) is 15.4 Å². The molecule has 0 aromatic heterocycles. The van der Waals surface area contributed by atoms with E-state index in [1.807, 2.05) is 0 Å². The van der Waals surface area contributed by atoms with Crippen LogP contribution < -0.4 is 0 Å². The van der Waals surface area contributed by atoms with E-state index in [0.717, 1.165) is 0 Å². The number of carbonyl (C=O) groups excluding carboxylic acids is 1. The average Bonchev–Trinajstić information content (AvgIpc) is 2.78. The first-order valence-corrected chi connectivity index (χ1v) is 11.6. The number of hydrogen-bond donors (Lipinski definition) is 1. The van der Waals surface area contributed by atoms with E-state index in [1.54, 1.807) is 0 Å². The highest BCUT2D eigenvalue weighted by Crippen LogP contribution is 2.50. The number of rotatable bonds is 6. The van der Waals surface area contributed by atoms with Gasteiger partial charge < -0.3 is 5.11 Å². The van der Waals surface area contributed by atoms with Crippen LogP contribution in [0.25, 0.3) is 0 Å². The van der Waals surface area contributed by atoms with Gasteiger partial charge in [-0.15, -0.1) is 0 Å². The van der Waals surface area contributed by atoms with Crippen molar-refractivity contribution in [3.8, 4) is 0 Å². The quantitative estimate of drug-likeness (QED) is 0.307. The van der Waals surface area contributed by atoms with Crippen molar-refractivity contribution in [1.82, 2.24) is 0 Å². The van der Waals surface area contributed by atoms with Crippen LogP contribution >= 0.6 is 11.6 Å². The molecule has 3 aromatic carbocycles. The number of alkyl halides is 6. The zero-order valence-corrected chi connectivity index (χ0v) is 18.9. The minimum Gasteiger partial charge on any atom is -0.369 e. The lowest BCUT2D eigenvalue weighted by atomic mass is 9.90. The molecule has 186 valence electrons. The van der Waals surface area contributed by atoms with Crippen LogP contribution in [0.4, 0.5) is 26.3 Å². The molecule has 0 spiro atoms. The first-order valence-electron chi connectivity index (χ1n) is 9.65. The lowest BCUT2D eigenvalue weighted by Crippen LogP contribution is -2.53. The largest absolute Gasteiger partial charge is 0.430 e. The summed E-state index contributed by atoms with van der Waals surface area (Å²) in [4.78, 5) is 13.0. The third-order valence-electron chi connectivity index (χ3n) is 5.20. The molecule has 0 radical (unpaired) electrons. The van der Waals surface area contributed by atoms with Crippen molar-refractivity contribution >= 4 is 27.2 Å². The maximum atomic E-state index is 13.4. The van der Waals surface area contributed by atoms with Gasteiger partial charge in [-0.2, -0.15) is 26.3 Å². The van der Waals surface area contributed by atoms with E-state index in [4.69, 9.17) is 11.6 Å². The van der Waals surface area contributed by atoms with Crippen LogP contribution in [0.5, 0.6) is 0 Å². The summed E-state index contributed by atoms with van der Waals surface area (Å²) in [5.41, 5.74) is -7.29. The smallest absolute Gasteiger partial charge is 0.369 e. The predicted molar refractivity (Wildman–Crippen MR) is 115 cm³/mol. The van der Waals surface area contributed by atoms with Crippen molar-refractivity contribution in [2.24, 2.45) is 0 Å². The zero-order valence-electron chi connectivity index (χ0n) is 17.3. The number of carbonyl (C=O) groups is 1. The lowest BCUT2D eigenvalue weighted by Gasteiger charge is -2.32. The molecule has 0 heterocycles. The Bertz CT molecular complexity index is 1290. The van der Waals surface area contributed by atoms with Crippen LogP contribution in [0.3, 0.4) is 0 Å². The molecule has 1 unspecified atom stereocenters. The predicted octanol–water partition coefficient (Wildman–Crippen LogP) is 6.05. The van der Waals surface area contributed by atoms with Crippen molar-refractivity contribution in [2.45, 2.75) is 28.1 Å². The maximum absolute atomic E-state index is 13.4. The Labute approximate surface area is 200 Å². The van der Waals surface area contributed by atoms with Gasteiger partial charge in [-0.05, 0) is 42.0 Å². The fourth-order valence-corrected chi connectivity index (χ4v) is 5.24. The molecule has 0 fully saturated rings. The number of halogens is 7. The molecule has 35 heavy (non-hydrogen) atoms. The molecular weight excluding hydrogens is 522 g/mol. The first-order chi connectivity index (χ1) is 16.1. The highest BCUT2D eigenvalue weighted by molar-refractivity contribution is 7.92. The van der Waals surface area contributed by atoms with E-state index in [0.29, 0.717) is 24.3 Å². The molecule has 0 amide bonds. The Balaban J connectivity index is 2.18. The summed E-state index contributed by atoms with van der Waals surface area (Å²) in [5, 5.41) is 7.82. The van der Waals surface area contributed by atoms with Crippen molar-refractivity contribution in [2.75, 3.05) is 0 Å². The van der Waals surface area contributed by atoms with Gasteiger partial charge in [0.2, 0.25) is 0 Å². The molecule has 1 atom stereocenters. The summed E-state index contributed by atoms with van der Waals surface area (Å²) in [6.07, 6.45) is -12.2. The van der Waals surface area contributed by atoms with Crippen LogP contribution in [0.1, 0.15) is 26.7 Å². The van der Waals surface area contributed by atoms with E-state index in [9.17, 15) is 44.7 Å². The number of benzene rings is 3. The highest BCUT2D eigenvalue weighted by atomic mass is 35.5. The van der Waals surface area contributed by atoms with E-state index in [-0.39, 0.29) is 15.5 Å². The second-order valence-electron chi connectivity index (χ2n) is 7.44. The topological polar surface area (TPSA) is 71.4 Å². The van der Waals surface area contributed by atoms with Gasteiger partial charge in [0.1, 0.15) is 0 Å². The van der Waals surface area contributed by atoms with Gasteiger partial charge in [-0.1, -0.05) is 54.1 Å². The molecule has 0 bridgehead atoms. The highest BCUT2D eigenvalue weighted by Gasteiger charge is 2.71. The van der Waals surface area contributed by atoms with Crippen LogP contribution in [-0.4, -0.2) is 31.7 Å². The van der Waals surface area contributed by atoms with Gasteiger partial charge >= 0.3 is 12.4 Å². The third-order valence-corrected chi connectivity index (χ3v) is 7.49. The SMILES string of the molecule is O=C(c1ccc(Cl)cc1)C(c1ccc(C(O)(C(F)(F)F)C(F)(F)F)cc1)S(=O)(=O)c1ccccc1. The van der Waals surface area contributed by atoms with Gasteiger partial charge in [0.05, 0.1) is 4.90 Å². The molecule has 0 aliphatic rings. The van der Waals surface area contributed by atoms with Crippen LogP contribution in [0.2, 0.25) is 5.02 Å². The van der Waals surface area contributed by atoms with Crippen molar-refractivity contribution in [3.05, 3.63) is 101 Å². The minimum absolute atomic E-state index is 0.106. The number of ketones is 1. The van der Waals surface area contributed by atoms with Gasteiger partial charge in [0.25, 0.3) is 5.60 Å². The minimum atomic E-state index is -6.12. The van der Waals surface area contributed by atoms with E-state index < -0.39 is 50.0 Å². The molecule has 0 aliphatic heterocycles. The Morgan fingerprint density at radius 1 is 0.771 bits per heavy atom. The molecular formula is C23H15ClF6O4S. The Hall–Kier alpha value is -2.89. The molecule has 12 heteroatoms. The summed E-state index contributed by atoms with van der Waals surface area (Å²) in [6.45, 7) is 0. The summed E-state index contributed by atoms with van der Waals surface area (Å²) in [6, 6.07) is 13.6. The lowest BCUT2D eigenvalue weighted by molar-refractivity contribution is -0.376. The molecule has 3 rings (SSSR count).